The average molecular weight is 409 g/mol. The minimum absolute atomic E-state index is 0.0297. The summed E-state index contributed by atoms with van der Waals surface area (Å²) >= 11 is 0. The van der Waals surface area contributed by atoms with E-state index in [2.05, 4.69) is 25.5 Å². The highest BCUT2D eigenvalue weighted by molar-refractivity contribution is 5.85. The second-order valence-electron chi connectivity index (χ2n) is 8.35. The van der Waals surface area contributed by atoms with Crippen LogP contribution in [0, 0.1) is 0 Å². The third-order valence-corrected chi connectivity index (χ3v) is 6.39. The van der Waals surface area contributed by atoms with Gasteiger partial charge in [-0.1, -0.05) is 6.42 Å². The normalized spacial score (nSPS) is 19.7. The predicted octanol–water partition coefficient (Wildman–Crippen LogP) is 2.62. The van der Waals surface area contributed by atoms with E-state index in [1.807, 2.05) is 6.07 Å². The molecule has 0 spiro atoms. The lowest BCUT2D eigenvalue weighted by Gasteiger charge is -2.35. The molecule has 1 aliphatic carbocycles. The number of nitrogens with zero attached hydrogens (tertiary/aromatic N) is 5. The lowest BCUT2D eigenvalue weighted by molar-refractivity contribution is 0.147. The Bertz CT molecular complexity index is 1070. The number of likely N-dealkylation sites (tertiary alicyclic amines) is 1. The van der Waals surface area contributed by atoms with Gasteiger partial charge < -0.3 is 9.73 Å². The fourth-order valence-corrected chi connectivity index (χ4v) is 4.71. The number of aryl methyl sites for hydroxylation is 2. The van der Waals surface area contributed by atoms with Gasteiger partial charge in [-0.2, -0.15) is 10.2 Å². The molecule has 3 aromatic heterocycles. The number of anilines is 1. The summed E-state index contributed by atoms with van der Waals surface area (Å²) in [5.74, 6) is 0.690. The minimum atomic E-state index is 0.0297. The van der Waals surface area contributed by atoms with Crippen molar-refractivity contribution in [3.05, 3.63) is 46.2 Å². The maximum Gasteiger partial charge on any atom is 0.267 e. The Morgan fingerprint density at radius 1 is 1.17 bits per heavy atom. The smallest absolute Gasteiger partial charge is 0.267 e. The van der Waals surface area contributed by atoms with Gasteiger partial charge in [-0.05, 0) is 56.7 Å². The number of nitrogens with one attached hydrogen (secondary N) is 1. The molecule has 4 heterocycles. The zero-order chi connectivity index (χ0) is 20.3. The van der Waals surface area contributed by atoms with Crippen molar-refractivity contribution in [3.8, 4) is 0 Å². The van der Waals surface area contributed by atoms with Crippen LogP contribution in [0.3, 0.4) is 0 Å². The van der Waals surface area contributed by atoms with Gasteiger partial charge in [0, 0.05) is 30.6 Å². The van der Waals surface area contributed by atoms with E-state index in [1.54, 1.807) is 23.2 Å². The third kappa shape index (κ3) is 3.96. The van der Waals surface area contributed by atoms with Crippen molar-refractivity contribution < 1.29 is 4.42 Å². The molecule has 0 amide bonds. The van der Waals surface area contributed by atoms with Gasteiger partial charge in [0.2, 0.25) is 0 Å². The van der Waals surface area contributed by atoms with Gasteiger partial charge in [-0.15, -0.1) is 5.10 Å². The summed E-state index contributed by atoms with van der Waals surface area (Å²) in [6, 6.07) is 4.09. The minimum Gasteiger partial charge on any atom is -0.460 e. The Morgan fingerprint density at radius 2 is 2.10 bits per heavy atom. The largest absolute Gasteiger partial charge is 0.460 e. The first-order chi connectivity index (χ1) is 14.8. The van der Waals surface area contributed by atoms with Crippen LogP contribution in [0.25, 0.3) is 11.0 Å². The number of hydrogen-bond donors (Lipinski definition) is 1. The topological polar surface area (TPSA) is 89.1 Å². The first-order valence-corrected chi connectivity index (χ1v) is 11.0. The monoisotopic (exact) mass is 408 g/mol. The summed E-state index contributed by atoms with van der Waals surface area (Å²) in [7, 11) is 0. The van der Waals surface area contributed by atoms with Crippen LogP contribution in [0.4, 0.5) is 5.82 Å². The van der Waals surface area contributed by atoms with Gasteiger partial charge in [-0.3, -0.25) is 9.69 Å². The van der Waals surface area contributed by atoms with Crippen LogP contribution in [0.5, 0.6) is 0 Å². The summed E-state index contributed by atoms with van der Waals surface area (Å²) in [5.41, 5.74) is 3.04. The molecule has 8 nitrogen and oxygen atoms in total. The summed E-state index contributed by atoms with van der Waals surface area (Å²) < 4.78 is 7.22. The summed E-state index contributed by atoms with van der Waals surface area (Å²) in [4.78, 5) is 15.0. The molecule has 1 N–H and O–H groups in total. The van der Waals surface area contributed by atoms with E-state index in [-0.39, 0.29) is 5.56 Å². The molecule has 0 radical (unpaired) electrons. The van der Waals surface area contributed by atoms with E-state index in [0.717, 1.165) is 67.5 Å². The molecule has 158 valence electrons. The molecule has 0 aromatic carbocycles. The highest BCUT2D eigenvalue weighted by Crippen LogP contribution is 2.22. The van der Waals surface area contributed by atoms with Gasteiger partial charge in [0.1, 0.15) is 0 Å². The molecule has 3 aromatic rings. The molecule has 2 aliphatic rings. The fraction of sp³-hybridized carbons (Fsp3) is 0.545. The second-order valence-corrected chi connectivity index (χ2v) is 8.35. The fourth-order valence-electron chi connectivity index (χ4n) is 4.71. The lowest BCUT2D eigenvalue weighted by Crippen LogP contribution is -2.45. The number of hydrogen-bond acceptors (Lipinski definition) is 7. The second kappa shape index (κ2) is 8.55. The Kier molecular flexibility index (Phi) is 5.48. The van der Waals surface area contributed by atoms with E-state index in [0.29, 0.717) is 18.4 Å². The van der Waals surface area contributed by atoms with Crippen molar-refractivity contribution in [2.24, 2.45) is 0 Å². The highest BCUT2D eigenvalue weighted by Gasteiger charge is 2.23. The van der Waals surface area contributed by atoms with Gasteiger partial charge in [0.15, 0.2) is 11.4 Å². The number of fused-ring (bicyclic) bond motifs is 2. The summed E-state index contributed by atoms with van der Waals surface area (Å²) in [5, 5.41) is 17.3. The van der Waals surface area contributed by atoms with Crippen LogP contribution in [0.1, 0.15) is 43.4 Å². The number of piperidine rings is 1. The van der Waals surface area contributed by atoms with E-state index in [1.165, 1.54) is 19.3 Å². The van der Waals surface area contributed by atoms with Crippen LogP contribution < -0.4 is 10.9 Å². The van der Waals surface area contributed by atoms with E-state index in [9.17, 15) is 4.79 Å². The summed E-state index contributed by atoms with van der Waals surface area (Å²) in [6.07, 6.45) is 11.2. The van der Waals surface area contributed by atoms with Crippen LogP contribution in [0.2, 0.25) is 0 Å². The maximum absolute atomic E-state index is 12.5. The zero-order valence-electron chi connectivity index (χ0n) is 17.2. The lowest BCUT2D eigenvalue weighted by atomic mass is 9.97. The Labute approximate surface area is 175 Å². The molecule has 1 aliphatic heterocycles. The molecule has 8 heteroatoms. The molecule has 1 unspecified atom stereocenters. The van der Waals surface area contributed by atoms with E-state index in [4.69, 9.17) is 4.42 Å². The van der Waals surface area contributed by atoms with Crippen molar-refractivity contribution in [1.29, 1.82) is 0 Å². The number of aromatic nitrogens is 4. The van der Waals surface area contributed by atoms with Gasteiger partial charge in [0.25, 0.3) is 5.56 Å². The van der Waals surface area contributed by atoms with Crippen LogP contribution in [-0.4, -0.2) is 50.6 Å². The molecule has 0 bridgehead atoms. The van der Waals surface area contributed by atoms with Crippen molar-refractivity contribution >= 4 is 16.8 Å². The first-order valence-electron chi connectivity index (χ1n) is 11.0. The predicted molar refractivity (Wildman–Crippen MR) is 115 cm³/mol. The highest BCUT2D eigenvalue weighted by atomic mass is 16.3. The maximum atomic E-state index is 12.5. The molecule has 1 atom stereocenters. The first kappa shape index (κ1) is 19.2. The van der Waals surface area contributed by atoms with Gasteiger partial charge in [0.05, 0.1) is 24.7 Å². The SMILES string of the molecule is O=c1cc2c(nn1CCN1CCCCC1CNc1nncc3ccoc13)CCCC2. The Hall–Kier alpha value is -2.74. The average Bonchev–Trinajstić information content (AvgIpc) is 3.26. The molecular weight excluding hydrogens is 380 g/mol. The molecule has 0 saturated carbocycles. The summed E-state index contributed by atoms with van der Waals surface area (Å²) in [6.45, 7) is 3.29. The number of furan rings is 1. The molecular formula is C22H28N6O2. The molecule has 1 saturated heterocycles. The molecule has 1 fully saturated rings. The van der Waals surface area contributed by atoms with Crippen molar-refractivity contribution in [3.63, 3.8) is 0 Å². The van der Waals surface area contributed by atoms with Crippen LogP contribution in [0.15, 0.2) is 33.8 Å². The van der Waals surface area contributed by atoms with Crippen LogP contribution in [-0.2, 0) is 19.4 Å². The Morgan fingerprint density at radius 3 is 3.07 bits per heavy atom. The van der Waals surface area contributed by atoms with E-state index >= 15 is 0 Å². The van der Waals surface area contributed by atoms with Gasteiger partial charge in [-0.25, -0.2) is 4.68 Å². The quantitative estimate of drug-likeness (QED) is 0.671. The molecule has 30 heavy (non-hydrogen) atoms. The third-order valence-electron chi connectivity index (χ3n) is 6.39. The van der Waals surface area contributed by atoms with Crippen molar-refractivity contribution in [1.82, 2.24) is 24.9 Å². The standard InChI is InChI=1S/C22H28N6O2/c29-20-13-16-5-1-2-7-19(16)26-28(20)11-10-27-9-4-3-6-18(27)15-23-22-21-17(8-12-30-21)14-24-25-22/h8,12-14,18H,1-7,9-11,15H2,(H,23,25). The van der Waals surface area contributed by atoms with Gasteiger partial charge >= 0.3 is 0 Å². The zero-order valence-corrected chi connectivity index (χ0v) is 17.2. The molecule has 5 rings (SSSR count). The Balaban J connectivity index is 1.24. The van der Waals surface area contributed by atoms with Crippen molar-refractivity contribution in [2.45, 2.75) is 57.5 Å². The van der Waals surface area contributed by atoms with Crippen molar-refractivity contribution in [2.75, 3.05) is 25.0 Å². The van der Waals surface area contributed by atoms with E-state index < -0.39 is 0 Å². The number of rotatable bonds is 6. The van der Waals surface area contributed by atoms with Crippen LogP contribution >= 0.6 is 0 Å².